The Morgan fingerprint density at radius 2 is 2.04 bits per heavy atom. The first kappa shape index (κ1) is 18.1. The number of methoxy groups -OCH3 is 1. The Morgan fingerprint density at radius 1 is 1.20 bits per heavy atom. The summed E-state index contributed by atoms with van der Waals surface area (Å²) in [4.78, 5) is 7.37. The quantitative estimate of drug-likeness (QED) is 0.807. The number of rotatable bonds is 6. The molecule has 0 spiro atoms. The molecule has 2 aromatic rings. The Labute approximate surface area is 151 Å². The first-order chi connectivity index (χ1) is 12.2. The van der Waals surface area contributed by atoms with Gasteiger partial charge in [-0.1, -0.05) is 37.1 Å². The lowest BCUT2D eigenvalue weighted by molar-refractivity contribution is 0.200. The van der Waals surface area contributed by atoms with Crippen LogP contribution >= 0.6 is 0 Å². The van der Waals surface area contributed by atoms with Gasteiger partial charge in [-0.2, -0.15) is 5.10 Å². The van der Waals surface area contributed by atoms with Gasteiger partial charge in [0, 0.05) is 13.5 Å². The molecule has 1 saturated heterocycles. The fourth-order valence-electron chi connectivity index (χ4n) is 3.59. The molecule has 0 aliphatic carbocycles. The molecule has 0 bridgehead atoms. The molecular formula is C20H30N4O. The van der Waals surface area contributed by atoms with E-state index in [-0.39, 0.29) is 0 Å². The largest absolute Gasteiger partial charge is 0.384 e. The predicted octanol–water partition coefficient (Wildman–Crippen LogP) is 3.37. The van der Waals surface area contributed by atoms with Gasteiger partial charge in [0.15, 0.2) is 5.82 Å². The van der Waals surface area contributed by atoms with Crippen LogP contribution < -0.4 is 0 Å². The summed E-state index contributed by atoms with van der Waals surface area (Å²) in [7, 11) is 3.95. The number of benzene rings is 1. The standard InChI is InChI=1S/C20H30N4O/c1-16-9-6-7-10-17(16)15-24-20(21-19(22-24)12-14-25-3)18-11-5-4-8-13-23(18)2/h6-7,9-10,18H,4-5,8,11-15H2,1-3H3/t18-/m0/s1. The molecule has 136 valence electrons. The highest BCUT2D eigenvalue weighted by Gasteiger charge is 2.25. The fraction of sp³-hybridized carbons (Fsp3) is 0.600. The Morgan fingerprint density at radius 3 is 2.84 bits per heavy atom. The van der Waals surface area contributed by atoms with E-state index in [1.54, 1.807) is 7.11 Å². The molecule has 0 radical (unpaired) electrons. The van der Waals surface area contributed by atoms with Crippen LogP contribution in [-0.2, 0) is 17.7 Å². The van der Waals surface area contributed by atoms with Crippen molar-refractivity contribution in [1.82, 2.24) is 19.7 Å². The molecule has 1 aliphatic heterocycles. The summed E-state index contributed by atoms with van der Waals surface area (Å²) in [6.45, 7) is 4.74. The van der Waals surface area contributed by atoms with Crippen molar-refractivity contribution in [3.05, 3.63) is 47.0 Å². The second-order valence-electron chi connectivity index (χ2n) is 7.06. The Hall–Kier alpha value is -1.72. The molecule has 5 nitrogen and oxygen atoms in total. The zero-order valence-corrected chi connectivity index (χ0v) is 15.7. The minimum Gasteiger partial charge on any atom is -0.384 e. The van der Waals surface area contributed by atoms with Crippen molar-refractivity contribution >= 4 is 0 Å². The number of hydrogen-bond acceptors (Lipinski definition) is 4. The Bertz CT molecular complexity index is 682. The average Bonchev–Trinajstić information content (AvgIpc) is 2.87. The van der Waals surface area contributed by atoms with Gasteiger partial charge in [-0.25, -0.2) is 9.67 Å². The van der Waals surface area contributed by atoms with E-state index < -0.39 is 0 Å². The lowest BCUT2D eigenvalue weighted by atomic mass is 10.1. The maximum Gasteiger partial charge on any atom is 0.153 e. The van der Waals surface area contributed by atoms with Gasteiger partial charge in [-0.15, -0.1) is 0 Å². The summed E-state index contributed by atoms with van der Waals surface area (Å²) < 4.78 is 7.34. The van der Waals surface area contributed by atoms with E-state index in [1.807, 2.05) is 0 Å². The lowest BCUT2D eigenvalue weighted by Gasteiger charge is -2.25. The number of ether oxygens (including phenoxy) is 1. The molecule has 2 heterocycles. The summed E-state index contributed by atoms with van der Waals surface area (Å²) in [6, 6.07) is 8.89. The van der Waals surface area contributed by atoms with Gasteiger partial charge >= 0.3 is 0 Å². The summed E-state index contributed by atoms with van der Waals surface area (Å²) in [5.41, 5.74) is 2.61. The monoisotopic (exact) mass is 342 g/mol. The number of nitrogens with zero attached hydrogens (tertiary/aromatic N) is 4. The van der Waals surface area contributed by atoms with E-state index in [4.69, 9.17) is 14.8 Å². The summed E-state index contributed by atoms with van der Waals surface area (Å²) >= 11 is 0. The van der Waals surface area contributed by atoms with Gasteiger partial charge in [0.2, 0.25) is 0 Å². The molecule has 3 rings (SSSR count). The normalized spacial score (nSPS) is 19.1. The van der Waals surface area contributed by atoms with Crippen LogP contribution in [0, 0.1) is 6.92 Å². The molecule has 1 aromatic heterocycles. The third-order valence-corrected chi connectivity index (χ3v) is 5.17. The zero-order valence-electron chi connectivity index (χ0n) is 15.7. The number of aromatic nitrogens is 3. The fourth-order valence-corrected chi connectivity index (χ4v) is 3.59. The first-order valence-electron chi connectivity index (χ1n) is 9.36. The van der Waals surface area contributed by atoms with Crippen LogP contribution in [0.3, 0.4) is 0 Å². The second-order valence-corrected chi connectivity index (χ2v) is 7.06. The van der Waals surface area contributed by atoms with Crippen molar-refractivity contribution in [1.29, 1.82) is 0 Å². The van der Waals surface area contributed by atoms with Crippen LogP contribution in [0.4, 0.5) is 0 Å². The number of hydrogen-bond donors (Lipinski definition) is 0. The van der Waals surface area contributed by atoms with Crippen molar-refractivity contribution in [3.8, 4) is 0 Å². The zero-order chi connectivity index (χ0) is 17.6. The Balaban J connectivity index is 1.91. The van der Waals surface area contributed by atoms with E-state index >= 15 is 0 Å². The third-order valence-electron chi connectivity index (χ3n) is 5.17. The molecule has 25 heavy (non-hydrogen) atoms. The van der Waals surface area contributed by atoms with E-state index in [2.05, 4.69) is 47.8 Å². The smallest absolute Gasteiger partial charge is 0.153 e. The van der Waals surface area contributed by atoms with Gasteiger partial charge in [0.05, 0.1) is 19.2 Å². The Kier molecular flexibility index (Phi) is 6.21. The molecular weight excluding hydrogens is 312 g/mol. The molecule has 1 atom stereocenters. The predicted molar refractivity (Wildman–Crippen MR) is 99.7 cm³/mol. The molecule has 1 fully saturated rings. The molecule has 0 unspecified atom stereocenters. The van der Waals surface area contributed by atoms with Crippen molar-refractivity contribution in [2.24, 2.45) is 0 Å². The highest BCUT2D eigenvalue weighted by Crippen LogP contribution is 2.28. The number of aryl methyl sites for hydroxylation is 1. The van der Waals surface area contributed by atoms with Crippen LogP contribution in [-0.4, -0.2) is 47.0 Å². The van der Waals surface area contributed by atoms with Crippen LogP contribution in [0.5, 0.6) is 0 Å². The molecule has 1 aromatic carbocycles. The van der Waals surface area contributed by atoms with Crippen molar-refractivity contribution in [3.63, 3.8) is 0 Å². The second kappa shape index (κ2) is 8.59. The van der Waals surface area contributed by atoms with Gasteiger partial charge in [-0.3, -0.25) is 4.90 Å². The minimum atomic E-state index is 0.357. The van der Waals surface area contributed by atoms with Crippen LogP contribution in [0.2, 0.25) is 0 Å². The maximum absolute atomic E-state index is 5.22. The van der Waals surface area contributed by atoms with Gasteiger partial charge < -0.3 is 4.74 Å². The van der Waals surface area contributed by atoms with Crippen LogP contribution in [0.15, 0.2) is 24.3 Å². The third kappa shape index (κ3) is 4.47. The summed E-state index contributed by atoms with van der Waals surface area (Å²) in [5.74, 6) is 2.00. The maximum atomic E-state index is 5.22. The van der Waals surface area contributed by atoms with E-state index in [9.17, 15) is 0 Å². The van der Waals surface area contributed by atoms with Crippen molar-refractivity contribution in [2.75, 3.05) is 27.3 Å². The molecule has 0 N–H and O–H groups in total. The molecule has 0 saturated carbocycles. The lowest BCUT2D eigenvalue weighted by Crippen LogP contribution is -2.27. The van der Waals surface area contributed by atoms with E-state index in [1.165, 1.54) is 30.4 Å². The van der Waals surface area contributed by atoms with Gasteiger partial charge in [-0.05, 0) is 44.5 Å². The average molecular weight is 342 g/mol. The highest BCUT2D eigenvalue weighted by molar-refractivity contribution is 5.26. The van der Waals surface area contributed by atoms with Crippen molar-refractivity contribution in [2.45, 2.75) is 51.6 Å². The highest BCUT2D eigenvalue weighted by atomic mass is 16.5. The van der Waals surface area contributed by atoms with Crippen LogP contribution in [0.25, 0.3) is 0 Å². The van der Waals surface area contributed by atoms with E-state index in [0.29, 0.717) is 12.6 Å². The molecule has 1 aliphatic rings. The summed E-state index contributed by atoms with van der Waals surface area (Å²) in [6.07, 6.45) is 5.77. The van der Waals surface area contributed by atoms with Gasteiger partial charge in [0.1, 0.15) is 5.82 Å². The van der Waals surface area contributed by atoms with Crippen LogP contribution in [0.1, 0.15) is 54.5 Å². The van der Waals surface area contributed by atoms with Gasteiger partial charge in [0.25, 0.3) is 0 Å². The molecule has 5 heteroatoms. The van der Waals surface area contributed by atoms with Crippen molar-refractivity contribution < 1.29 is 4.74 Å². The minimum absolute atomic E-state index is 0.357. The SMILES string of the molecule is COCCc1nc([C@@H]2CCCCCN2C)n(Cc2ccccc2C)n1. The summed E-state index contributed by atoms with van der Waals surface area (Å²) in [5, 5.41) is 4.82. The van der Waals surface area contributed by atoms with E-state index in [0.717, 1.165) is 37.6 Å². The molecule has 0 amide bonds. The number of likely N-dealkylation sites (tertiary alicyclic amines) is 1. The first-order valence-corrected chi connectivity index (χ1v) is 9.36. The topological polar surface area (TPSA) is 43.2 Å².